The van der Waals surface area contributed by atoms with Gasteiger partial charge in [0.25, 0.3) is 5.56 Å². The Kier molecular flexibility index (Phi) is 1.51. The van der Waals surface area contributed by atoms with Crippen molar-refractivity contribution in [1.29, 1.82) is 0 Å². The number of hydrogen-bond donors (Lipinski definition) is 1. The van der Waals surface area contributed by atoms with Crippen LogP contribution in [-0.2, 0) is 0 Å². The van der Waals surface area contributed by atoms with Crippen LogP contribution in [0.1, 0.15) is 24.3 Å². The second kappa shape index (κ2) is 2.71. The first-order chi connectivity index (χ1) is 6.84. The minimum Gasteiger partial charge on any atom is -0.329 e. The summed E-state index contributed by atoms with van der Waals surface area (Å²) < 4.78 is 0. The molecular weight excluding hydrogens is 174 g/mol. The number of pyridine rings is 1. The molecule has 0 radical (unpaired) electrons. The first kappa shape index (κ1) is 7.80. The standard InChI is InChI=1S/C12H11NO/c14-12-11-4-3-9(8-1-2-8)7-10(11)5-6-13-12/h3-8H,1-2H2,(H,13,14). The van der Waals surface area contributed by atoms with E-state index in [0.717, 1.165) is 16.7 Å². The van der Waals surface area contributed by atoms with Gasteiger partial charge in [0, 0.05) is 11.6 Å². The zero-order chi connectivity index (χ0) is 9.54. The van der Waals surface area contributed by atoms with Gasteiger partial charge in [-0.1, -0.05) is 12.1 Å². The second-order valence-electron chi connectivity index (χ2n) is 3.93. The van der Waals surface area contributed by atoms with E-state index < -0.39 is 0 Å². The molecule has 1 aromatic carbocycles. The summed E-state index contributed by atoms with van der Waals surface area (Å²) in [5.41, 5.74) is 1.38. The van der Waals surface area contributed by atoms with Crippen molar-refractivity contribution in [2.24, 2.45) is 0 Å². The normalized spacial score (nSPS) is 16.0. The first-order valence-corrected chi connectivity index (χ1v) is 4.96. The monoisotopic (exact) mass is 185 g/mol. The molecule has 1 aromatic heterocycles. The molecule has 0 bridgehead atoms. The topological polar surface area (TPSA) is 32.9 Å². The minimum absolute atomic E-state index is 0.00449. The number of rotatable bonds is 1. The van der Waals surface area contributed by atoms with Gasteiger partial charge >= 0.3 is 0 Å². The lowest BCUT2D eigenvalue weighted by Crippen LogP contribution is -2.04. The molecule has 1 saturated carbocycles. The Bertz CT molecular complexity index is 537. The highest BCUT2D eigenvalue weighted by Gasteiger charge is 2.23. The lowest BCUT2D eigenvalue weighted by atomic mass is 10.1. The molecule has 0 spiro atoms. The van der Waals surface area contributed by atoms with Gasteiger partial charge in [0.1, 0.15) is 0 Å². The Morgan fingerprint density at radius 2 is 2.07 bits per heavy atom. The van der Waals surface area contributed by atoms with Crippen molar-refractivity contribution in [3.8, 4) is 0 Å². The molecule has 1 heterocycles. The molecule has 2 nitrogen and oxygen atoms in total. The molecule has 1 fully saturated rings. The van der Waals surface area contributed by atoms with E-state index in [1.54, 1.807) is 6.20 Å². The van der Waals surface area contributed by atoms with Crippen molar-refractivity contribution in [2.75, 3.05) is 0 Å². The van der Waals surface area contributed by atoms with Crippen LogP contribution in [0.4, 0.5) is 0 Å². The number of hydrogen-bond acceptors (Lipinski definition) is 1. The van der Waals surface area contributed by atoms with Crippen LogP contribution in [0.15, 0.2) is 35.3 Å². The Hall–Kier alpha value is -1.57. The fourth-order valence-corrected chi connectivity index (χ4v) is 1.88. The predicted molar refractivity (Wildman–Crippen MR) is 56.5 cm³/mol. The van der Waals surface area contributed by atoms with E-state index in [-0.39, 0.29) is 5.56 Å². The van der Waals surface area contributed by atoms with Crippen molar-refractivity contribution < 1.29 is 0 Å². The molecule has 2 heteroatoms. The number of H-pyrrole nitrogens is 1. The zero-order valence-corrected chi connectivity index (χ0v) is 7.79. The fraction of sp³-hybridized carbons (Fsp3) is 0.250. The van der Waals surface area contributed by atoms with Crippen molar-refractivity contribution >= 4 is 10.8 Å². The van der Waals surface area contributed by atoms with Gasteiger partial charge in [-0.15, -0.1) is 0 Å². The Morgan fingerprint density at radius 3 is 2.86 bits per heavy atom. The van der Waals surface area contributed by atoms with Gasteiger partial charge in [0.2, 0.25) is 0 Å². The van der Waals surface area contributed by atoms with Crippen LogP contribution >= 0.6 is 0 Å². The van der Waals surface area contributed by atoms with E-state index in [1.807, 2.05) is 12.1 Å². The Balaban J connectivity index is 2.28. The molecule has 2 aromatic rings. The Morgan fingerprint density at radius 1 is 1.21 bits per heavy atom. The second-order valence-corrected chi connectivity index (χ2v) is 3.93. The molecule has 0 amide bonds. The number of benzene rings is 1. The van der Waals surface area contributed by atoms with Crippen LogP contribution in [0.2, 0.25) is 0 Å². The molecule has 14 heavy (non-hydrogen) atoms. The van der Waals surface area contributed by atoms with Gasteiger partial charge in [-0.25, -0.2) is 0 Å². The summed E-state index contributed by atoms with van der Waals surface area (Å²) in [5.74, 6) is 0.749. The van der Waals surface area contributed by atoms with Crippen LogP contribution in [0.5, 0.6) is 0 Å². The predicted octanol–water partition coefficient (Wildman–Crippen LogP) is 2.41. The number of aromatic amines is 1. The quantitative estimate of drug-likeness (QED) is 0.727. The third-order valence-corrected chi connectivity index (χ3v) is 2.85. The molecule has 1 aliphatic carbocycles. The molecule has 0 atom stereocenters. The van der Waals surface area contributed by atoms with E-state index in [4.69, 9.17) is 0 Å². The third kappa shape index (κ3) is 1.15. The average molecular weight is 185 g/mol. The summed E-state index contributed by atoms with van der Waals surface area (Å²) in [4.78, 5) is 14.1. The summed E-state index contributed by atoms with van der Waals surface area (Å²) in [7, 11) is 0. The van der Waals surface area contributed by atoms with E-state index in [9.17, 15) is 4.79 Å². The maximum absolute atomic E-state index is 11.4. The highest BCUT2D eigenvalue weighted by atomic mass is 16.1. The molecule has 0 aliphatic heterocycles. The van der Waals surface area contributed by atoms with E-state index >= 15 is 0 Å². The van der Waals surface area contributed by atoms with Gasteiger partial charge in [-0.05, 0) is 41.8 Å². The van der Waals surface area contributed by atoms with Crippen molar-refractivity contribution in [2.45, 2.75) is 18.8 Å². The lowest BCUT2D eigenvalue weighted by molar-refractivity contribution is 1.13. The largest absolute Gasteiger partial charge is 0.329 e. The first-order valence-electron chi connectivity index (χ1n) is 4.96. The molecule has 3 rings (SSSR count). The lowest BCUT2D eigenvalue weighted by Gasteiger charge is -2.00. The van der Waals surface area contributed by atoms with Gasteiger partial charge in [0.15, 0.2) is 0 Å². The smallest absolute Gasteiger partial charge is 0.255 e. The molecule has 0 unspecified atom stereocenters. The number of nitrogens with one attached hydrogen (secondary N) is 1. The van der Waals surface area contributed by atoms with Crippen molar-refractivity contribution in [3.63, 3.8) is 0 Å². The minimum atomic E-state index is 0.00449. The zero-order valence-electron chi connectivity index (χ0n) is 7.79. The fourth-order valence-electron chi connectivity index (χ4n) is 1.88. The number of aromatic nitrogens is 1. The van der Waals surface area contributed by atoms with Crippen LogP contribution < -0.4 is 5.56 Å². The molecular formula is C12H11NO. The highest BCUT2D eigenvalue weighted by molar-refractivity contribution is 5.82. The molecule has 70 valence electrons. The summed E-state index contributed by atoms with van der Waals surface area (Å²) in [5, 5.41) is 1.84. The van der Waals surface area contributed by atoms with Gasteiger partial charge < -0.3 is 4.98 Å². The van der Waals surface area contributed by atoms with E-state index in [0.29, 0.717) is 0 Å². The van der Waals surface area contributed by atoms with Crippen LogP contribution in [-0.4, -0.2) is 4.98 Å². The molecule has 1 aliphatic rings. The Labute approximate surface area is 81.6 Å². The summed E-state index contributed by atoms with van der Waals surface area (Å²) in [6.45, 7) is 0. The number of fused-ring (bicyclic) bond motifs is 1. The third-order valence-electron chi connectivity index (χ3n) is 2.85. The van der Waals surface area contributed by atoms with E-state index in [2.05, 4.69) is 17.1 Å². The molecule has 0 saturated heterocycles. The molecule has 1 N–H and O–H groups in total. The van der Waals surface area contributed by atoms with Gasteiger partial charge in [-0.2, -0.15) is 0 Å². The van der Waals surface area contributed by atoms with Crippen LogP contribution in [0.25, 0.3) is 10.8 Å². The van der Waals surface area contributed by atoms with Crippen molar-refractivity contribution in [1.82, 2.24) is 4.98 Å². The highest BCUT2D eigenvalue weighted by Crippen LogP contribution is 2.40. The van der Waals surface area contributed by atoms with E-state index in [1.165, 1.54) is 18.4 Å². The van der Waals surface area contributed by atoms with Crippen LogP contribution in [0.3, 0.4) is 0 Å². The SMILES string of the molecule is O=c1[nH]ccc2cc(C3CC3)ccc12. The summed E-state index contributed by atoms with van der Waals surface area (Å²) in [6, 6.07) is 8.11. The van der Waals surface area contributed by atoms with Gasteiger partial charge in [-0.3, -0.25) is 4.79 Å². The summed E-state index contributed by atoms with van der Waals surface area (Å²) in [6.07, 6.45) is 4.31. The van der Waals surface area contributed by atoms with Crippen molar-refractivity contribution in [3.05, 3.63) is 46.4 Å². The van der Waals surface area contributed by atoms with Crippen LogP contribution in [0, 0.1) is 0 Å². The maximum atomic E-state index is 11.4. The maximum Gasteiger partial charge on any atom is 0.255 e. The summed E-state index contributed by atoms with van der Waals surface area (Å²) >= 11 is 0. The van der Waals surface area contributed by atoms with Gasteiger partial charge in [0.05, 0.1) is 0 Å². The average Bonchev–Trinajstić information content (AvgIpc) is 3.01.